The van der Waals surface area contributed by atoms with Gasteiger partial charge in [-0.3, -0.25) is 9.89 Å². The fourth-order valence-corrected chi connectivity index (χ4v) is 5.42. The number of rotatable bonds is 3. The molecule has 36 heavy (non-hydrogen) atoms. The van der Waals surface area contributed by atoms with Crippen LogP contribution in [0, 0.1) is 34.9 Å². The number of carboxylic acid groups (broad SMARTS) is 1. The Morgan fingerprint density at radius 2 is 2.11 bits per heavy atom. The summed E-state index contributed by atoms with van der Waals surface area (Å²) in [6, 6.07) is 6.71. The van der Waals surface area contributed by atoms with Crippen molar-refractivity contribution in [2.75, 3.05) is 5.73 Å². The Morgan fingerprint density at radius 3 is 2.69 bits per heavy atom. The summed E-state index contributed by atoms with van der Waals surface area (Å²) in [5.74, 6) is -0.321. The summed E-state index contributed by atoms with van der Waals surface area (Å²) in [4.78, 5) is 18.9. The number of fused-ring (bicyclic) bond motifs is 4. The number of hydrogen-bond donors (Lipinski definition) is 3. The van der Waals surface area contributed by atoms with Gasteiger partial charge in [-0.25, -0.2) is 14.4 Å². The number of nitriles is 1. The van der Waals surface area contributed by atoms with Gasteiger partial charge in [0.05, 0.1) is 34.0 Å². The molecule has 9 nitrogen and oxygen atoms in total. The number of anilines is 1. The highest BCUT2D eigenvalue weighted by atomic mass is 35.5. The summed E-state index contributed by atoms with van der Waals surface area (Å²) in [6.45, 7) is 0. The second-order valence-electron chi connectivity index (χ2n) is 9.08. The van der Waals surface area contributed by atoms with E-state index < -0.39 is 11.8 Å². The highest BCUT2D eigenvalue weighted by Crippen LogP contribution is 2.45. The molecule has 184 valence electrons. The van der Waals surface area contributed by atoms with Gasteiger partial charge >= 0.3 is 5.97 Å². The van der Waals surface area contributed by atoms with E-state index in [4.69, 9.17) is 26.9 Å². The third-order valence-electron chi connectivity index (χ3n) is 7.02. The molecule has 0 spiro atoms. The molecule has 0 amide bonds. The van der Waals surface area contributed by atoms with Gasteiger partial charge in [0.25, 0.3) is 0 Å². The normalized spacial score (nSPS) is 20.5. The molecule has 3 saturated carbocycles. The van der Waals surface area contributed by atoms with Crippen LogP contribution in [0.25, 0.3) is 33.7 Å². The molecule has 2 bridgehead atoms. The average Bonchev–Trinajstić information content (AvgIpc) is 3.56. The minimum Gasteiger partial charge on any atom is -0.481 e. The number of carbonyl (C=O) groups is 1. The highest BCUT2D eigenvalue weighted by Gasteiger charge is 2.39. The first-order chi connectivity index (χ1) is 17.4. The van der Waals surface area contributed by atoms with Crippen molar-refractivity contribution < 1.29 is 18.7 Å². The number of nitrogens with two attached hydrogens (primary N) is 1. The molecule has 4 N–H and O–H groups in total. The first-order valence-corrected chi connectivity index (χ1v) is 11.9. The van der Waals surface area contributed by atoms with Crippen molar-refractivity contribution in [3.63, 3.8) is 0 Å². The van der Waals surface area contributed by atoms with Crippen molar-refractivity contribution in [3.05, 3.63) is 47.1 Å². The van der Waals surface area contributed by atoms with Crippen LogP contribution in [-0.2, 0) is 4.79 Å². The highest BCUT2D eigenvalue weighted by molar-refractivity contribution is 6.31. The molecule has 4 heterocycles. The second kappa shape index (κ2) is 9.59. The van der Waals surface area contributed by atoms with Gasteiger partial charge in [0.2, 0.25) is 0 Å². The van der Waals surface area contributed by atoms with Gasteiger partial charge in [-0.15, -0.1) is 0 Å². The predicted octanol–water partition coefficient (Wildman–Crippen LogP) is 5.42. The van der Waals surface area contributed by atoms with Gasteiger partial charge in [0.1, 0.15) is 17.5 Å². The lowest BCUT2D eigenvalue weighted by atomic mass is 9.65. The van der Waals surface area contributed by atoms with E-state index in [0.717, 1.165) is 12.3 Å². The number of pyridine rings is 2. The minimum absolute atomic E-state index is 0.00231. The molecular formula is C25H22ClFN6O3. The average molecular weight is 509 g/mol. The van der Waals surface area contributed by atoms with E-state index in [2.05, 4.69) is 20.2 Å². The summed E-state index contributed by atoms with van der Waals surface area (Å²) >= 11 is 5.99. The van der Waals surface area contributed by atoms with E-state index in [1.807, 2.05) is 6.07 Å². The lowest BCUT2D eigenvalue weighted by Crippen LogP contribution is -2.35. The summed E-state index contributed by atoms with van der Waals surface area (Å²) < 4.78 is 19.8. The van der Waals surface area contributed by atoms with Crippen molar-refractivity contribution in [1.82, 2.24) is 20.2 Å². The van der Waals surface area contributed by atoms with Crippen molar-refractivity contribution in [1.29, 1.82) is 5.26 Å². The smallest absolute Gasteiger partial charge is 0.306 e. The molecule has 0 radical (unpaired) electrons. The quantitative estimate of drug-likeness (QED) is 0.331. The molecule has 1 atom stereocenters. The number of aromatic amines is 1. The van der Waals surface area contributed by atoms with Crippen LogP contribution in [0.4, 0.5) is 10.2 Å². The standard InChI is InChI=1S/C16H8ClFN6O.C9H14O2/c17-7-4-8-14(23-24-16(8)21-6-7)13-9(5-19)11(10-2-1-3-25-10)12(18)15(20)22-13;10-9(11)8-5-6-1-3-7(8)4-2-6/h1-4,6H,(H2,20,22)(H,21,23,24);6-8H,1-5H2,(H,10,11). The van der Waals surface area contributed by atoms with Gasteiger partial charge in [-0.2, -0.15) is 10.4 Å². The van der Waals surface area contributed by atoms with E-state index in [1.54, 1.807) is 12.1 Å². The molecule has 0 saturated heterocycles. The molecule has 0 aromatic carbocycles. The summed E-state index contributed by atoms with van der Waals surface area (Å²) in [5.41, 5.74) is 6.50. The Morgan fingerprint density at radius 1 is 1.33 bits per heavy atom. The second-order valence-corrected chi connectivity index (χ2v) is 9.52. The lowest BCUT2D eigenvalue weighted by molar-refractivity contribution is -0.147. The fourth-order valence-electron chi connectivity index (χ4n) is 5.26. The van der Waals surface area contributed by atoms with Crippen molar-refractivity contribution >= 4 is 34.4 Å². The SMILES string of the molecule is N#Cc1c(-c2[nH]nc3ncc(Cl)cc23)nc(N)c(F)c1-c1ccco1.O=C(O)C1CC2CCC1CC2. The van der Waals surface area contributed by atoms with Crippen LogP contribution in [0.2, 0.25) is 5.02 Å². The molecule has 4 aromatic heterocycles. The molecule has 4 aromatic rings. The van der Waals surface area contributed by atoms with Crippen LogP contribution in [-0.4, -0.2) is 31.2 Å². The third kappa shape index (κ3) is 4.27. The van der Waals surface area contributed by atoms with E-state index in [9.17, 15) is 14.4 Å². The van der Waals surface area contributed by atoms with Crippen molar-refractivity contribution in [2.45, 2.75) is 32.1 Å². The molecule has 0 aliphatic heterocycles. The predicted molar refractivity (Wildman–Crippen MR) is 130 cm³/mol. The Kier molecular flexibility index (Phi) is 6.33. The van der Waals surface area contributed by atoms with Crippen LogP contribution >= 0.6 is 11.6 Å². The molecule has 7 rings (SSSR count). The van der Waals surface area contributed by atoms with Gasteiger partial charge in [0, 0.05) is 11.6 Å². The molecular weight excluding hydrogens is 487 g/mol. The van der Waals surface area contributed by atoms with Crippen LogP contribution in [0.3, 0.4) is 0 Å². The number of furan rings is 1. The number of halogens is 2. The van der Waals surface area contributed by atoms with E-state index >= 15 is 0 Å². The topological polar surface area (TPSA) is 155 Å². The van der Waals surface area contributed by atoms with Crippen molar-refractivity contribution in [3.8, 4) is 28.8 Å². The molecule has 1 unspecified atom stereocenters. The zero-order valence-corrected chi connectivity index (χ0v) is 19.8. The third-order valence-corrected chi connectivity index (χ3v) is 7.23. The fraction of sp³-hybridized carbons (Fsp3) is 0.320. The number of nitrogens with one attached hydrogen (secondary N) is 1. The first kappa shape index (κ1) is 23.8. The lowest BCUT2D eigenvalue weighted by Gasteiger charge is -2.40. The summed E-state index contributed by atoms with van der Waals surface area (Å²) in [5, 5.41) is 26.2. The minimum atomic E-state index is -0.824. The largest absolute Gasteiger partial charge is 0.481 e. The van der Waals surface area contributed by atoms with E-state index in [1.165, 1.54) is 44.2 Å². The van der Waals surface area contributed by atoms with Gasteiger partial charge in [0.15, 0.2) is 17.3 Å². The van der Waals surface area contributed by atoms with Crippen molar-refractivity contribution in [2.24, 2.45) is 17.8 Å². The number of nitrogen functional groups attached to an aromatic ring is 1. The number of hydrogen-bond acceptors (Lipinski definition) is 7. The number of H-pyrrole nitrogens is 1. The maximum atomic E-state index is 14.6. The first-order valence-electron chi connectivity index (χ1n) is 11.5. The zero-order chi connectivity index (χ0) is 25.4. The maximum Gasteiger partial charge on any atom is 0.306 e. The number of carboxylic acids is 1. The van der Waals surface area contributed by atoms with Crippen LogP contribution < -0.4 is 5.73 Å². The number of nitrogens with zero attached hydrogens (tertiary/aromatic N) is 4. The molecule has 11 heteroatoms. The molecule has 3 fully saturated rings. The van der Waals surface area contributed by atoms with Gasteiger partial charge in [-0.1, -0.05) is 24.4 Å². The van der Waals surface area contributed by atoms with Gasteiger partial charge in [-0.05, 0) is 49.3 Å². The Balaban J connectivity index is 0.000000202. The summed E-state index contributed by atoms with van der Waals surface area (Å²) in [6.07, 6.45) is 8.69. The van der Waals surface area contributed by atoms with E-state index in [0.29, 0.717) is 27.7 Å². The Hall–Kier alpha value is -3.97. The Labute approximate surface area is 210 Å². The van der Waals surface area contributed by atoms with Crippen LogP contribution in [0.1, 0.15) is 37.7 Å². The van der Waals surface area contributed by atoms with Gasteiger partial charge < -0.3 is 15.3 Å². The van der Waals surface area contributed by atoms with Crippen LogP contribution in [0.5, 0.6) is 0 Å². The monoisotopic (exact) mass is 508 g/mol. The number of aromatic nitrogens is 4. The van der Waals surface area contributed by atoms with E-state index in [-0.39, 0.29) is 34.3 Å². The Bertz CT molecular complexity index is 1470. The maximum absolute atomic E-state index is 14.6. The zero-order valence-electron chi connectivity index (χ0n) is 19.0. The van der Waals surface area contributed by atoms with Crippen LogP contribution in [0.15, 0.2) is 35.1 Å². The number of aliphatic carboxylic acids is 1. The molecule has 3 aliphatic rings. The summed E-state index contributed by atoms with van der Waals surface area (Å²) in [7, 11) is 0. The molecule has 3 aliphatic carbocycles.